The molecule has 3 rings (SSSR count). The van der Waals surface area contributed by atoms with Crippen LogP contribution in [0.1, 0.15) is 30.5 Å². The number of hydrogen-bond acceptors (Lipinski definition) is 5. The van der Waals surface area contributed by atoms with Crippen LogP contribution in [0, 0.1) is 0 Å². The number of benzene rings is 3. The van der Waals surface area contributed by atoms with Gasteiger partial charge in [0.05, 0.1) is 18.9 Å². The second-order valence-corrected chi connectivity index (χ2v) is 7.42. The lowest BCUT2D eigenvalue weighted by atomic mass is 9.77. The minimum Gasteiger partial charge on any atom is -0.464 e. The number of nitrogens with two attached hydrogens (primary N) is 1. The summed E-state index contributed by atoms with van der Waals surface area (Å²) in [5.41, 5.74) is 9.27. The molecular formula is C27H30N2O3. The zero-order valence-electron chi connectivity index (χ0n) is 18.5. The molecule has 0 aromatic heterocycles. The Labute approximate surface area is 189 Å². The molecule has 3 aromatic rings. The van der Waals surface area contributed by atoms with E-state index in [-0.39, 0.29) is 6.61 Å². The van der Waals surface area contributed by atoms with Gasteiger partial charge in [0.25, 0.3) is 0 Å². The summed E-state index contributed by atoms with van der Waals surface area (Å²) in [7, 11) is 0. The second-order valence-electron chi connectivity index (χ2n) is 7.42. The summed E-state index contributed by atoms with van der Waals surface area (Å²) in [4.78, 5) is 11.8. The molecule has 0 bridgehead atoms. The van der Waals surface area contributed by atoms with E-state index in [1.807, 2.05) is 54.6 Å². The van der Waals surface area contributed by atoms with Crippen molar-refractivity contribution in [2.75, 3.05) is 13.2 Å². The van der Waals surface area contributed by atoms with Gasteiger partial charge in [-0.1, -0.05) is 91.0 Å². The van der Waals surface area contributed by atoms with Crippen LogP contribution in [0.3, 0.4) is 0 Å². The SMILES string of the molecule is CCOC(=O)C(C)OC/C(N)=C/NC(c1ccccc1)(c1ccccc1)c1ccccc1. The monoisotopic (exact) mass is 430 g/mol. The molecule has 0 spiro atoms. The first kappa shape index (κ1) is 23.1. The molecule has 0 saturated carbocycles. The highest BCUT2D eigenvalue weighted by molar-refractivity contribution is 5.74. The lowest BCUT2D eigenvalue weighted by molar-refractivity contribution is -0.154. The minimum atomic E-state index is -0.691. The largest absolute Gasteiger partial charge is 0.464 e. The summed E-state index contributed by atoms with van der Waals surface area (Å²) in [5.74, 6) is -0.402. The van der Waals surface area contributed by atoms with Gasteiger partial charge in [-0.15, -0.1) is 0 Å². The Bertz CT molecular complexity index is 908. The predicted molar refractivity (Wildman–Crippen MR) is 127 cm³/mol. The van der Waals surface area contributed by atoms with Gasteiger partial charge in [0.1, 0.15) is 5.54 Å². The van der Waals surface area contributed by atoms with Crippen molar-refractivity contribution in [3.05, 3.63) is 120 Å². The van der Waals surface area contributed by atoms with Gasteiger partial charge < -0.3 is 20.5 Å². The van der Waals surface area contributed by atoms with Crippen molar-refractivity contribution in [2.45, 2.75) is 25.5 Å². The summed E-state index contributed by atoms with van der Waals surface area (Å²) in [5, 5.41) is 3.58. The van der Waals surface area contributed by atoms with E-state index < -0.39 is 17.6 Å². The zero-order chi connectivity index (χ0) is 22.8. The summed E-state index contributed by atoms with van der Waals surface area (Å²) >= 11 is 0. The molecule has 0 heterocycles. The van der Waals surface area contributed by atoms with Gasteiger partial charge in [-0.25, -0.2) is 4.79 Å². The van der Waals surface area contributed by atoms with Gasteiger partial charge in [0.15, 0.2) is 6.10 Å². The molecule has 0 aliphatic carbocycles. The van der Waals surface area contributed by atoms with Gasteiger partial charge >= 0.3 is 5.97 Å². The highest BCUT2D eigenvalue weighted by Crippen LogP contribution is 2.36. The van der Waals surface area contributed by atoms with E-state index in [0.717, 1.165) is 16.7 Å². The van der Waals surface area contributed by atoms with E-state index in [2.05, 4.69) is 41.7 Å². The van der Waals surface area contributed by atoms with Crippen molar-refractivity contribution in [3.63, 3.8) is 0 Å². The Hall–Kier alpha value is -3.57. The number of carbonyl (C=O) groups is 1. The van der Waals surface area contributed by atoms with Crippen LogP contribution in [0.25, 0.3) is 0 Å². The Morgan fingerprint density at radius 2 is 1.34 bits per heavy atom. The van der Waals surface area contributed by atoms with Crippen LogP contribution in [0.4, 0.5) is 0 Å². The van der Waals surface area contributed by atoms with Crippen molar-refractivity contribution in [3.8, 4) is 0 Å². The normalized spacial score (nSPS) is 12.8. The minimum absolute atomic E-state index is 0.0986. The lowest BCUT2D eigenvalue weighted by Gasteiger charge is -2.36. The van der Waals surface area contributed by atoms with Crippen molar-refractivity contribution in [1.29, 1.82) is 0 Å². The van der Waals surface area contributed by atoms with E-state index in [9.17, 15) is 4.79 Å². The van der Waals surface area contributed by atoms with Gasteiger partial charge in [-0.3, -0.25) is 0 Å². The van der Waals surface area contributed by atoms with E-state index in [0.29, 0.717) is 12.3 Å². The molecule has 5 heteroatoms. The Morgan fingerprint density at radius 3 is 1.75 bits per heavy atom. The Balaban J connectivity index is 1.96. The van der Waals surface area contributed by atoms with Crippen LogP contribution in [0.15, 0.2) is 103 Å². The predicted octanol–water partition coefficient (Wildman–Crippen LogP) is 4.34. The van der Waals surface area contributed by atoms with Crippen LogP contribution >= 0.6 is 0 Å². The average molecular weight is 431 g/mol. The number of nitrogens with one attached hydrogen (secondary N) is 1. The van der Waals surface area contributed by atoms with E-state index in [1.54, 1.807) is 20.0 Å². The highest BCUT2D eigenvalue weighted by atomic mass is 16.6. The molecule has 166 valence electrons. The first-order valence-corrected chi connectivity index (χ1v) is 10.7. The molecule has 0 radical (unpaired) electrons. The van der Waals surface area contributed by atoms with Crippen LogP contribution in [-0.4, -0.2) is 25.3 Å². The second kappa shape index (κ2) is 11.2. The maximum atomic E-state index is 11.8. The molecule has 3 aromatic carbocycles. The fourth-order valence-corrected chi connectivity index (χ4v) is 3.61. The summed E-state index contributed by atoms with van der Waals surface area (Å²) < 4.78 is 10.6. The van der Waals surface area contributed by atoms with E-state index in [4.69, 9.17) is 15.2 Å². The topological polar surface area (TPSA) is 73.6 Å². The molecule has 32 heavy (non-hydrogen) atoms. The fraction of sp³-hybridized carbons (Fsp3) is 0.222. The third-order valence-electron chi connectivity index (χ3n) is 5.21. The third-order valence-corrected chi connectivity index (χ3v) is 5.21. The lowest BCUT2D eigenvalue weighted by Crippen LogP contribution is -2.42. The number of hydrogen-bond donors (Lipinski definition) is 2. The van der Waals surface area contributed by atoms with Crippen LogP contribution < -0.4 is 11.1 Å². The van der Waals surface area contributed by atoms with Gasteiger partial charge in [0.2, 0.25) is 0 Å². The van der Waals surface area contributed by atoms with Crippen molar-refractivity contribution in [1.82, 2.24) is 5.32 Å². The fourth-order valence-electron chi connectivity index (χ4n) is 3.61. The Kier molecular flexibility index (Phi) is 8.06. The molecule has 0 amide bonds. The molecule has 0 fully saturated rings. The van der Waals surface area contributed by atoms with Crippen LogP contribution in [0.2, 0.25) is 0 Å². The number of esters is 1. The molecule has 1 unspecified atom stereocenters. The Morgan fingerprint density at radius 1 is 0.906 bits per heavy atom. The molecule has 3 N–H and O–H groups in total. The van der Waals surface area contributed by atoms with Gasteiger partial charge in [-0.2, -0.15) is 0 Å². The number of ether oxygens (including phenoxy) is 2. The molecule has 0 aliphatic rings. The van der Waals surface area contributed by atoms with Gasteiger partial charge in [-0.05, 0) is 30.5 Å². The maximum absolute atomic E-state index is 11.8. The van der Waals surface area contributed by atoms with Crippen molar-refractivity contribution >= 4 is 5.97 Å². The number of rotatable bonds is 10. The maximum Gasteiger partial charge on any atom is 0.334 e. The highest BCUT2D eigenvalue weighted by Gasteiger charge is 2.35. The smallest absolute Gasteiger partial charge is 0.334 e. The summed E-state index contributed by atoms with van der Waals surface area (Å²) in [6, 6.07) is 30.7. The van der Waals surface area contributed by atoms with Crippen LogP contribution in [0.5, 0.6) is 0 Å². The first-order valence-electron chi connectivity index (χ1n) is 10.7. The number of carbonyl (C=O) groups excluding carboxylic acids is 1. The molecule has 0 aliphatic heterocycles. The molecule has 0 saturated heterocycles. The molecule has 5 nitrogen and oxygen atoms in total. The van der Waals surface area contributed by atoms with Crippen LogP contribution in [-0.2, 0) is 19.8 Å². The average Bonchev–Trinajstić information content (AvgIpc) is 2.85. The standard InChI is InChI=1S/C27H30N2O3/c1-3-31-26(30)21(2)32-20-25(28)19-29-27(22-13-7-4-8-14-22,23-15-9-5-10-16-23)24-17-11-6-12-18-24/h4-19,21,29H,3,20,28H2,1-2H3/b25-19-. The molecular weight excluding hydrogens is 400 g/mol. The van der Waals surface area contributed by atoms with Gasteiger partial charge in [0, 0.05) is 6.20 Å². The van der Waals surface area contributed by atoms with E-state index in [1.165, 1.54) is 0 Å². The van der Waals surface area contributed by atoms with Crippen molar-refractivity contribution in [2.24, 2.45) is 5.73 Å². The first-order chi connectivity index (χ1) is 15.6. The third kappa shape index (κ3) is 5.37. The quantitative estimate of drug-likeness (QED) is 0.370. The summed E-state index contributed by atoms with van der Waals surface area (Å²) in [6.07, 6.45) is 1.06. The van der Waals surface area contributed by atoms with Crippen molar-refractivity contribution < 1.29 is 14.3 Å². The zero-order valence-corrected chi connectivity index (χ0v) is 18.5. The van der Waals surface area contributed by atoms with E-state index >= 15 is 0 Å². The molecule has 1 atom stereocenters. The summed E-state index contributed by atoms with van der Waals surface area (Å²) in [6.45, 7) is 3.83.